The Balaban J connectivity index is 3.08. The van der Waals surface area contributed by atoms with Gasteiger partial charge in [0.25, 0.3) is 0 Å². The summed E-state index contributed by atoms with van der Waals surface area (Å²) in [5.41, 5.74) is 6.64. The van der Waals surface area contributed by atoms with Crippen molar-refractivity contribution in [2.45, 2.75) is 46.0 Å². The fourth-order valence-corrected chi connectivity index (χ4v) is 1.66. The standard InChI is InChI=1S/C13H22N2/c1-5-6-10-7-8-11(13(2,3)4)9-12(10)15-14/h7-9,15H,5-6,14H2,1-4H3. The Hall–Kier alpha value is -1.02. The lowest BCUT2D eigenvalue weighted by molar-refractivity contribution is 0.590. The molecular formula is C13H22N2. The van der Waals surface area contributed by atoms with Gasteiger partial charge in [-0.3, -0.25) is 5.84 Å². The minimum absolute atomic E-state index is 0.177. The van der Waals surface area contributed by atoms with Crippen molar-refractivity contribution in [2.24, 2.45) is 5.84 Å². The van der Waals surface area contributed by atoms with Crippen LogP contribution in [0.1, 0.15) is 45.2 Å². The molecule has 84 valence electrons. The van der Waals surface area contributed by atoms with Gasteiger partial charge in [0.05, 0.1) is 5.69 Å². The van der Waals surface area contributed by atoms with Crippen LogP contribution >= 0.6 is 0 Å². The molecule has 3 N–H and O–H groups in total. The van der Waals surface area contributed by atoms with Crippen LogP contribution in [0.2, 0.25) is 0 Å². The van der Waals surface area contributed by atoms with Gasteiger partial charge in [-0.05, 0) is 29.0 Å². The number of hydrazine groups is 1. The van der Waals surface area contributed by atoms with E-state index in [-0.39, 0.29) is 5.41 Å². The van der Waals surface area contributed by atoms with Crippen LogP contribution in [0.15, 0.2) is 18.2 Å². The van der Waals surface area contributed by atoms with Crippen LogP contribution < -0.4 is 11.3 Å². The monoisotopic (exact) mass is 206 g/mol. The van der Waals surface area contributed by atoms with Crippen molar-refractivity contribution in [3.63, 3.8) is 0 Å². The van der Waals surface area contributed by atoms with Crippen molar-refractivity contribution < 1.29 is 0 Å². The molecule has 0 aliphatic heterocycles. The molecule has 0 unspecified atom stereocenters. The summed E-state index contributed by atoms with van der Waals surface area (Å²) < 4.78 is 0. The Bertz CT molecular complexity index is 324. The quantitative estimate of drug-likeness (QED) is 0.588. The van der Waals surface area contributed by atoms with Crippen molar-refractivity contribution >= 4 is 5.69 Å². The highest BCUT2D eigenvalue weighted by Gasteiger charge is 2.14. The Morgan fingerprint density at radius 1 is 1.27 bits per heavy atom. The normalized spacial score (nSPS) is 11.5. The number of nitrogen functional groups attached to an aromatic ring is 1. The number of rotatable bonds is 3. The van der Waals surface area contributed by atoms with E-state index in [0.29, 0.717) is 0 Å². The minimum atomic E-state index is 0.177. The van der Waals surface area contributed by atoms with Gasteiger partial charge < -0.3 is 5.43 Å². The maximum Gasteiger partial charge on any atom is 0.0520 e. The Morgan fingerprint density at radius 3 is 2.40 bits per heavy atom. The third-order valence-corrected chi connectivity index (χ3v) is 2.65. The molecular weight excluding hydrogens is 184 g/mol. The number of nitrogens with one attached hydrogen (secondary N) is 1. The summed E-state index contributed by atoms with van der Waals surface area (Å²) in [5.74, 6) is 5.54. The van der Waals surface area contributed by atoms with E-state index < -0.39 is 0 Å². The first-order valence-electron chi connectivity index (χ1n) is 5.59. The van der Waals surface area contributed by atoms with E-state index >= 15 is 0 Å². The van der Waals surface area contributed by atoms with Crippen molar-refractivity contribution in [1.82, 2.24) is 0 Å². The molecule has 15 heavy (non-hydrogen) atoms. The van der Waals surface area contributed by atoms with Crippen LogP contribution in [0, 0.1) is 0 Å². The molecule has 2 nitrogen and oxygen atoms in total. The van der Waals surface area contributed by atoms with Gasteiger partial charge in [0, 0.05) is 0 Å². The number of anilines is 1. The Kier molecular flexibility index (Phi) is 3.75. The molecule has 0 heterocycles. The summed E-state index contributed by atoms with van der Waals surface area (Å²) in [5, 5.41) is 0. The molecule has 0 fully saturated rings. The molecule has 0 bridgehead atoms. The zero-order chi connectivity index (χ0) is 11.5. The molecule has 0 saturated heterocycles. The van der Waals surface area contributed by atoms with Crippen molar-refractivity contribution in [1.29, 1.82) is 0 Å². The molecule has 0 spiro atoms. The fourth-order valence-electron chi connectivity index (χ4n) is 1.66. The van der Waals surface area contributed by atoms with Crippen molar-refractivity contribution in [3.05, 3.63) is 29.3 Å². The molecule has 0 radical (unpaired) electrons. The number of benzene rings is 1. The number of hydrogen-bond acceptors (Lipinski definition) is 2. The van der Waals surface area contributed by atoms with E-state index in [1.165, 1.54) is 11.1 Å². The van der Waals surface area contributed by atoms with Crippen LogP contribution in [-0.4, -0.2) is 0 Å². The maximum absolute atomic E-state index is 5.54. The van der Waals surface area contributed by atoms with E-state index in [2.05, 4.69) is 51.3 Å². The number of hydrogen-bond donors (Lipinski definition) is 2. The average molecular weight is 206 g/mol. The predicted molar refractivity (Wildman–Crippen MR) is 66.9 cm³/mol. The lowest BCUT2D eigenvalue weighted by atomic mass is 9.86. The highest BCUT2D eigenvalue weighted by atomic mass is 15.2. The van der Waals surface area contributed by atoms with Gasteiger partial charge >= 0.3 is 0 Å². The highest BCUT2D eigenvalue weighted by molar-refractivity contribution is 5.53. The topological polar surface area (TPSA) is 38.0 Å². The lowest BCUT2D eigenvalue weighted by Gasteiger charge is -2.21. The third kappa shape index (κ3) is 2.96. The molecule has 0 aromatic heterocycles. The van der Waals surface area contributed by atoms with E-state index in [1.807, 2.05) is 0 Å². The van der Waals surface area contributed by atoms with Crippen LogP contribution in [0.3, 0.4) is 0 Å². The Labute approximate surface area is 92.8 Å². The average Bonchev–Trinajstić information content (AvgIpc) is 2.17. The first-order valence-corrected chi connectivity index (χ1v) is 5.59. The second-order valence-corrected chi connectivity index (χ2v) is 5.02. The summed E-state index contributed by atoms with van der Waals surface area (Å²) in [7, 11) is 0. The third-order valence-electron chi connectivity index (χ3n) is 2.65. The van der Waals surface area contributed by atoms with E-state index in [4.69, 9.17) is 5.84 Å². The minimum Gasteiger partial charge on any atom is -0.324 e. The molecule has 0 aliphatic rings. The van der Waals surface area contributed by atoms with Gasteiger partial charge in [-0.15, -0.1) is 0 Å². The molecule has 0 saturated carbocycles. The highest BCUT2D eigenvalue weighted by Crippen LogP contribution is 2.27. The van der Waals surface area contributed by atoms with Gasteiger partial charge in [-0.2, -0.15) is 0 Å². The first kappa shape index (κ1) is 12.1. The second-order valence-electron chi connectivity index (χ2n) is 5.02. The molecule has 1 rings (SSSR count). The summed E-state index contributed by atoms with van der Waals surface area (Å²) >= 11 is 0. The zero-order valence-electron chi connectivity index (χ0n) is 10.2. The number of aryl methyl sites for hydroxylation is 1. The summed E-state index contributed by atoms with van der Waals surface area (Å²) in [4.78, 5) is 0. The van der Waals surface area contributed by atoms with Gasteiger partial charge in [0.1, 0.15) is 0 Å². The number of nitrogens with two attached hydrogens (primary N) is 1. The van der Waals surface area contributed by atoms with Crippen LogP contribution in [-0.2, 0) is 11.8 Å². The molecule has 0 amide bonds. The predicted octanol–water partition coefficient (Wildman–Crippen LogP) is 3.22. The lowest BCUT2D eigenvalue weighted by Crippen LogP contribution is -2.14. The van der Waals surface area contributed by atoms with Gasteiger partial charge in [0.15, 0.2) is 0 Å². The first-order chi connectivity index (χ1) is 6.99. The molecule has 1 aromatic carbocycles. The van der Waals surface area contributed by atoms with Crippen LogP contribution in [0.25, 0.3) is 0 Å². The van der Waals surface area contributed by atoms with Crippen LogP contribution in [0.4, 0.5) is 5.69 Å². The molecule has 0 aliphatic carbocycles. The van der Waals surface area contributed by atoms with Crippen LogP contribution in [0.5, 0.6) is 0 Å². The molecule has 0 atom stereocenters. The second kappa shape index (κ2) is 4.67. The smallest absolute Gasteiger partial charge is 0.0520 e. The van der Waals surface area contributed by atoms with Gasteiger partial charge in [-0.1, -0.05) is 46.2 Å². The SMILES string of the molecule is CCCc1ccc(C(C)(C)C)cc1NN. The van der Waals surface area contributed by atoms with Gasteiger partial charge in [-0.25, -0.2) is 0 Å². The molecule has 2 heteroatoms. The van der Waals surface area contributed by atoms with Gasteiger partial charge in [0.2, 0.25) is 0 Å². The summed E-state index contributed by atoms with van der Waals surface area (Å²) in [6.07, 6.45) is 2.22. The van der Waals surface area contributed by atoms with Crippen molar-refractivity contribution in [2.75, 3.05) is 5.43 Å². The molecule has 1 aromatic rings. The van der Waals surface area contributed by atoms with E-state index in [1.54, 1.807) is 0 Å². The fraction of sp³-hybridized carbons (Fsp3) is 0.538. The van der Waals surface area contributed by atoms with E-state index in [9.17, 15) is 0 Å². The summed E-state index contributed by atoms with van der Waals surface area (Å²) in [6, 6.07) is 6.54. The van der Waals surface area contributed by atoms with E-state index in [0.717, 1.165) is 18.5 Å². The zero-order valence-corrected chi connectivity index (χ0v) is 10.2. The van der Waals surface area contributed by atoms with Crippen molar-refractivity contribution in [3.8, 4) is 0 Å². The largest absolute Gasteiger partial charge is 0.324 e. The maximum atomic E-state index is 5.54. The Morgan fingerprint density at radius 2 is 1.93 bits per heavy atom. The summed E-state index contributed by atoms with van der Waals surface area (Å²) in [6.45, 7) is 8.81.